The highest BCUT2D eigenvalue weighted by molar-refractivity contribution is 7.89. The minimum absolute atomic E-state index is 0.0218. The van der Waals surface area contributed by atoms with Gasteiger partial charge in [-0.3, -0.25) is 4.79 Å². The van der Waals surface area contributed by atoms with Crippen LogP contribution in [0.25, 0.3) is 10.8 Å². The maximum absolute atomic E-state index is 12.8. The average molecular weight is 464 g/mol. The third-order valence-electron chi connectivity index (χ3n) is 6.70. The highest BCUT2D eigenvalue weighted by Gasteiger charge is 2.44. The SMILES string of the molecule is O=C(Nc1ccc2ccccc2c1)[C@@H]1C[C@H]1c1cccc(S(=O)(=O)NC[C@H]2CCCNC2)c1. The first-order valence-corrected chi connectivity index (χ1v) is 13.1. The van der Waals surface area contributed by atoms with Gasteiger partial charge in [-0.2, -0.15) is 0 Å². The summed E-state index contributed by atoms with van der Waals surface area (Å²) in [5.41, 5.74) is 1.68. The van der Waals surface area contributed by atoms with Gasteiger partial charge in [0.1, 0.15) is 0 Å². The van der Waals surface area contributed by atoms with Crippen molar-refractivity contribution >= 4 is 32.4 Å². The first kappa shape index (κ1) is 22.1. The maximum Gasteiger partial charge on any atom is 0.240 e. The van der Waals surface area contributed by atoms with Crippen LogP contribution in [-0.4, -0.2) is 34.0 Å². The van der Waals surface area contributed by atoms with Crippen LogP contribution in [0, 0.1) is 11.8 Å². The molecular weight excluding hydrogens is 434 g/mol. The van der Waals surface area contributed by atoms with E-state index in [0.29, 0.717) is 12.5 Å². The molecule has 3 aromatic carbocycles. The molecule has 2 fully saturated rings. The number of fused-ring (bicyclic) bond motifs is 1. The molecule has 33 heavy (non-hydrogen) atoms. The van der Waals surface area contributed by atoms with E-state index in [4.69, 9.17) is 0 Å². The van der Waals surface area contributed by atoms with E-state index in [9.17, 15) is 13.2 Å². The minimum atomic E-state index is -3.57. The molecule has 1 saturated heterocycles. The fourth-order valence-electron chi connectivity index (χ4n) is 4.68. The van der Waals surface area contributed by atoms with Crippen LogP contribution in [0.5, 0.6) is 0 Å². The number of benzene rings is 3. The van der Waals surface area contributed by atoms with E-state index in [1.165, 1.54) is 0 Å². The molecule has 7 heteroatoms. The Labute approximate surface area is 194 Å². The summed E-state index contributed by atoms with van der Waals surface area (Å²) in [5.74, 6) is 0.202. The zero-order chi connectivity index (χ0) is 22.8. The zero-order valence-electron chi connectivity index (χ0n) is 18.5. The van der Waals surface area contributed by atoms with Crippen molar-refractivity contribution in [2.45, 2.75) is 30.1 Å². The Hall–Kier alpha value is -2.74. The Morgan fingerprint density at radius 2 is 1.85 bits per heavy atom. The first-order valence-electron chi connectivity index (χ1n) is 11.6. The predicted molar refractivity (Wildman–Crippen MR) is 131 cm³/mol. The maximum atomic E-state index is 12.8. The normalized spacial score (nSPS) is 22.7. The molecule has 0 radical (unpaired) electrons. The molecule has 1 aliphatic heterocycles. The molecule has 0 aromatic heterocycles. The van der Waals surface area contributed by atoms with Crippen LogP contribution in [0.15, 0.2) is 71.6 Å². The first-order chi connectivity index (χ1) is 16.0. The van der Waals surface area contributed by atoms with Gasteiger partial charge in [0.2, 0.25) is 15.9 Å². The van der Waals surface area contributed by atoms with Gasteiger partial charge in [0.25, 0.3) is 0 Å². The number of nitrogens with one attached hydrogen (secondary N) is 3. The number of piperidine rings is 1. The molecule has 1 amide bonds. The molecule has 1 aliphatic carbocycles. The van der Waals surface area contributed by atoms with Crippen LogP contribution in [0.2, 0.25) is 0 Å². The quantitative estimate of drug-likeness (QED) is 0.497. The van der Waals surface area contributed by atoms with Gasteiger partial charge in [-0.25, -0.2) is 13.1 Å². The van der Waals surface area contributed by atoms with Gasteiger partial charge in [-0.1, -0.05) is 42.5 Å². The Morgan fingerprint density at radius 1 is 1.00 bits per heavy atom. The summed E-state index contributed by atoms with van der Waals surface area (Å²) in [6.45, 7) is 2.29. The molecule has 3 aromatic rings. The van der Waals surface area contributed by atoms with Crippen molar-refractivity contribution < 1.29 is 13.2 Å². The van der Waals surface area contributed by atoms with Gasteiger partial charge < -0.3 is 10.6 Å². The summed E-state index contributed by atoms with van der Waals surface area (Å²) in [5, 5.41) is 8.54. The van der Waals surface area contributed by atoms with E-state index >= 15 is 0 Å². The lowest BCUT2D eigenvalue weighted by molar-refractivity contribution is -0.117. The monoisotopic (exact) mass is 463 g/mol. The van der Waals surface area contributed by atoms with E-state index in [1.807, 2.05) is 48.5 Å². The van der Waals surface area contributed by atoms with Gasteiger partial charge in [-0.15, -0.1) is 0 Å². The molecule has 3 atom stereocenters. The summed E-state index contributed by atoms with van der Waals surface area (Å²) in [4.78, 5) is 13.1. The molecule has 0 spiro atoms. The van der Waals surface area contributed by atoms with Gasteiger partial charge in [0, 0.05) is 18.2 Å². The van der Waals surface area contributed by atoms with Crippen molar-refractivity contribution in [3.63, 3.8) is 0 Å². The van der Waals surface area contributed by atoms with Gasteiger partial charge in [-0.05, 0) is 84.8 Å². The fraction of sp³-hybridized carbons (Fsp3) is 0.346. The Balaban J connectivity index is 1.22. The van der Waals surface area contributed by atoms with Crippen LogP contribution in [-0.2, 0) is 14.8 Å². The Kier molecular flexibility index (Phi) is 6.19. The molecule has 3 N–H and O–H groups in total. The second-order valence-corrected chi connectivity index (χ2v) is 10.9. The number of hydrogen-bond acceptors (Lipinski definition) is 4. The number of rotatable bonds is 7. The Bertz CT molecular complexity index is 1270. The van der Waals surface area contributed by atoms with Crippen molar-refractivity contribution in [2.75, 3.05) is 25.0 Å². The van der Waals surface area contributed by atoms with Gasteiger partial charge in [0.15, 0.2) is 0 Å². The predicted octanol–water partition coefficient (Wildman–Crippen LogP) is 3.86. The van der Waals surface area contributed by atoms with Crippen molar-refractivity contribution in [1.29, 1.82) is 0 Å². The van der Waals surface area contributed by atoms with Crippen LogP contribution < -0.4 is 15.4 Å². The standard InChI is InChI=1S/C26H29N3O3S/c30-26(29-22-11-10-19-6-1-2-7-20(19)13-22)25-15-24(25)21-8-3-9-23(14-21)33(31,32)28-17-18-5-4-12-27-16-18/h1-3,6-11,13-14,18,24-25,27-28H,4-5,12,15-17H2,(H,29,30)/t18-,24-,25+/m0/s1. The van der Waals surface area contributed by atoms with Crippen molar-refractivity contribution in [3.8, 4) is 0 Å². The van der Waals surface area contributed by atoms with Crippen molar-refractivity contribution in [1.82, 2.24) is 10.0 Å². The van der Waals surface area contributed by atoms with Crippen LogP contribution in [0.1, 0.15) is 30.7 Å². The van der Waals surface area contributed by atoms with E-state index in [2.05, 4.69) is 15.4 Å². The van der Waals surface area contributed by atoms with Crippen LogP contribution in [0.3, 0.4) is 0 Å². The topological polar surface area (TPSA) is 87.3 Å². The number of hydrogen-bond donors (Lipinski definition) is 3. The molecule has 2 aliphatic rings. The zero-order valence-corrected chi connectivity index (χ0v) is 19.3. The number of carbonyl (C=O) groups is 1. The lowest BCUT2D eigenvalue weighted by Gasteiger charge is -2.22. The summed E-state index contributed by atoms with van der Waals surface area (Å²) >= 11 is 0. The highest BCUT2D eigenvalue weighted by atomic mass is 32.2. The fourth-order valence-corrected chi connectivity index (χ4v) is 5.85. The number of carbonyl (C=O) groups excluding carboxylic acids is 1. The summed E-state index contributed by atoms with van der Waals surface area (Å²) in [7, 11) is -3.57. The Morgan fingerprint density at radius 3 is 2.67 bits per heavy atom. The highest BCUT2D eigenvalue weighted by Crippen LogP contribution is 2.48. The van der Waals surface area contributed by atoms with Crippen LogP contribution >= 0.6 is 0 Å². The smallest absolute Gasteiger partial charge is 0.240 e. The number of amides is 1. The van der Waals surface area contributed by atoms with E-state index < -0.39 is 10.0 Å². The molecular formula is C26H29N3O3S. The lowest BCUT2D eigenvalue weighted by atomic mass is 10.0. The van der Waals surface area contributed by atoms with Gasteiger partial charge in [0.05, 0.1) is 4.90 Å². The molecule has 5 rings (SSSR count). The van der Waals surface area contributed by atoms with E-state index in [0.717, 1.165) is 54.4 Å². The summed E-state index contributed by atoms with van der Waals surface area (Å²) in [6.07, 6.45) is 2.84. The van der Waals surface area contributed by atoms with Gasteiger partial charge >= 0.3 is 0 Å². The molecule has 1 heterocycles. The molecule has 0 bridgehead atoms. The third kappa shape index (κ3) is 5.11. The van der Waals surface area contributed by atoms with Crippen molar-refractivity contribution in [3.05, 3.63) is 72.3 Å². The molecule has 1 saturated carbocycles. The second kappa shape index (κ2) is 9.25. The second-order valence-electron chi connectivity index (χ2n) is 9.14. The third-order valence-corrected chi connectivity index (χ3v) is 8.12. The minimum Gasteiger partial charge on any atom is -0.326 e. The van der Waals surface area contributed by atoms with E-state index in [1.54, 1.807) is 18.2 Å². The number of anilines is 1. The van der Waals surface area contributed by atoms with Crippen LogP contribution in [0.4, 0.5) is 5.69 Å². The lowest BCUT2D eigenvalue weighted by Crippen LogP contribution is -2.38. The molecule has 0 unspecified atom stereocenters. The molecule has 6 nitrogen and oxygen atoms in total. The largest absolute Gasteiger partial charge is 0.326 e. The number of sulfonamides is 1. The average Bonchev–Trinajstić information content (AvgIpc) is 3.65. The van der Waals surface area contributed by atoms with E-state index in [-0.39, 0.29) is 22.6 Å². The molecule has 172 valence electrons. The summed E-state index contributed by atoms with van der Waals surface area (Å²) < 4.78 is 28.4. The summed E-state index contributed by atoms with van der Waals surface area (Å²) in [6, 6.07) is 21.0. The van der Waals surface area contributed by atoms with Crippen molar-refractivity contribution in [2.24, 2.45) is 11.8 Å².